The Morgan fingerprint density at radius 1 is 1.25 bits per heavy atom. The minimum atomic E-state index is -1.43. The molecule has 1 rings (SSSR count). The van der Waals surface area contributed by atoms with Crippen molar-refractivity contribution in [2.75, 3.05) is 6.61 Å². The fourth-order valence-electron chi connectivity index (χ4n) is 1.12. The van der Waals surface area contributed by atoms with Gasteiger partial charge >= 0.3 is 5.97 Å². The maximum atomic E-state index is 10.8. The molecular weight excluding hydrogens is 348 g/mol. The number of hydrogen-bond donors (Lipinski definition) is 3. The van der Waals surface area contributed by atoms with E-state index in [9.17, 15) is 15.0 Å². The van der Waals surface area contributed by atoms with E-state index in [0.29, 0.717) is 6.61 Å². The summed E-state index contributed by atoms with van der Waals surface area (Å²) in [5, 5.41) is 28.0. The summed E-state index contributed by atoms with van der Waals surface area (Å²) in [5.41, 5.74) is -0.581. The summed E-state index contributed by atoms with van der Waals surface area (Å²) in [6, 6.07) is 0. The zero-order chi connectivity index (χ0) is 12.5. The SMILES string of the molecule is CCOc1c(Br)c(O)c(C(=O)O)c(O)c1Br. The van der Waals surface area contributed by atoms with E-state index in [1.165, 1.54) is 0 Å². The fraction of sp³-hybridized carbons (Fsp3) is 0.222. The number of rotatable bonds is 3. The Hall–Kier alpha value is -0.950. The average Bonchev–Trinajstić information content (AvgIpc) is 2.21. The molecule has 0 saturated carbocycles. The summed E-state index contributed by atoms with van der Waals surface area (Å²) in [4.78, 5) is 10.8. The van der Waals surface area contributed by atoms with Gasteiger partial charge in [-0.15, -0.1) is 0 Å². The van der Waals surface area contributed by atoms with Crippen molar-refractivity contribution in [1.82, 2.24) is 0 Å². The smallest absolute Gasteiger partial charge is 0.343 e. The first-order valence-corrected chi connectivity index (χ1v) is 5.79. The number of phenols is 2. The highest BCUT2D eigenvalue weighted by molar-refractivity contribution is 9.11. The lowest BCUT2D eigenvalue weighted by Crippen LogP contribution is -2.01. The molecule has 0 aliphatic carbocycles. The van der Waals surface area contributed by atoms with Crippen molar-refractivity contribution < 1.29 is 24.9 Å². The molecule has 0 unspecified atom stereocenters. The van der Waals surface area contributed by atoms with Gasteiger partial charge in [0.1, 0.15) is 14.5 Å². The highest BCUT2D eigenvalue weighted by Crippen LogP contribution is 2.48. The summed E-state index contributed by atoms with van der Waals surface area (Å²) in [5.74, 6) is -2.42. The zero-order valence-electron chi connectivity index (χ0n) is 8.12. The Morgan fingerprint density at radius 3 is 2.00 bits per heavy atom. The van der Waals surface area contributed by atoms with Crippen LogP contribution in [0.25, 0.3) is 0 Å². The van der Waals surface area contributed by atoms with Gasteiger partial charge in [0.2, 0.25) is 0 Å². The minimum absolute atomic E-state index is 0.0800. The maximum absolute atomic E-state index is 10.8. The van der Waals surface area contributed by atoms with Crippen LogP contribution in [0.15, 0.2) is 8.95 Å². The first kappa shape index (κ1) is 13.1. The van der Waals surface area contributed by atoms with Crippen LogP contribution in [-0.2, 0) is 0 Å². The van der Waals surface area contributed by atoms with E-state index in [4.69, 9.17) is 9.84 Å². The van der Waals surface area contributed by atoms with E-state index >= 15 is 0 Å². The van der Waals surface area contributed by atoms with E-state index in [1.54, 1.807) is 6.92 Å². The van der Waals surface area contributed by atoms with Crippen LogP contribution in [0.3, 0.4) is 0 Å². The molecule has 3 N–H and O–H groups in total. The molecule has 0 aliphatic heterocycles. The van der Waals surface area contributed by atoms with Crippen molar-refractivity contribution in [3.05, 3.63) is 14.5 Å². The summed E-state index contributed by atoms with van der Waals surface area (Å²) in [7, 11) is 0. The van der Waals surface area contributed by atoms with E-state index in [0.717, 1.165) is 0 Å². The molecule has 0 aliphatic rings. The van der Waals surface area contributed by atoms with Gasteiger partial charge < -0.3 is 20.1 Å². The predicted molar refractivity (Wildman–Crippen MR) is 63.3 cm³/mol. The molecule has 88 valence electrons. The second-order valence-electron chi connectivity index (χ2n) is 2.77. The highest BCUT2D eigenvalue weighted by atomic mass is 79.9. The van der Waals surface area contributed by atoms with Crippen molar-refractivity contribution in [2.24, 2.45) is 0 Å². The molecule has 1 aromatic rings. The number of aromatic hydroxyl groups is 2. The van der Waals surface area contributed by atoms with Gasteiger partial charge in [0.05, 0.1) is 6.61 Å². The molecule has 0 bridgehead atoms. The lowest BCUT2D eigenvalue weighted by atomic mass is 10.1. The van der Waals surface area contributed by atoms with Gasteiger partial charge in [-0.1, -0.05) is 0 Å². The van der Waals surface area contributed by atoms with Crippen LogP contribution in [0.5, 0.6) is 17.2 Å². The molecule has 1 aromatic carbocycles. The van der Waals surface area contributed by atoms with E-state index in [1.807, 2.05) is 0 Å². The lowest BCUT2D eigenvalue weighted by molar-refractivity contribution is 0.0690. The summed E-state index contributed by atoms with van der Waals surface area (Å²) in [6.07, 6.45) is 0. The molecule has 16 heavy (non-hydrogen) atoms. The quantitative estimate of drug-likeness (QED) is 0.776. The van der Waals surface area contributed by atoms with Crippen molar-refractivity contribution in [3.63, 3.8) is 0 Å². The third-order valence-electron chi connectivity index (χ3n) is 1.79. The normalized spacial score (nSPS) is 10.2. The monoisotopic (exact) mass is 354 g/mol. The van der Waals surface area contributed by atoms with Crippen molar-refractivity contribution in [3.8, 4) is 17.2 Å². The third-order valence-corrected chi connectivity index (χ3v) is 3.26. The molecule has 0 aromatic heterocycles. The molecule has 0 spiro atoms. The number of carboxylic acid groups (broad SMARTS) is 1. The topological polar surface area (TPSA) is 87.0 Å². The second-order valence-corrected chi connectivity index (χ2v) is 4.35. The number of halogens is 2. The van der Waals surface area contributed by atoms with Gasteiger partial charge in [-0.2, -0.15) is 0 Å². The predicted octanol–water partition coefficient (Wildman–Crippen LogP) is 2.72. The van der Waals surface area contributed by atoms with Crippen LogP contribution >= 0.6 is 31.9 Å². The van der Waals surface area contributed by atoms with Gasteiger partial charge in [-0.25, -0.2) is 4.79 Å². The second kappa shape index (κ2) is 4.92. The Balaban J connectivity index is 3.56. The largest absolute Gasteiger partial charge is 0.506 e. The highest BCUT2D eigenvalue weighted by Gasteiger charge is 2.26. The Morgan fingerprint density at radius 2 is 1.69 bits per heavy atom. The Kier molecular flexibility index (Phi) is 4.03. The standard InChI is InChI=1S/C9H8Br2O5/c1-2-16-8-4(10)6(12)3(9(14)15)7(13)5(8)11/h12-13H,2H2,1H3,(H,14,15). The van der Waals surface area contributed by atoms with E-state index in [2.05, 4.69) is 31.9 Å². The Bertz CT molecular complexity index is 415. The van der Waals surface area contributed by atoms with Gasteiger partial charge in [0, 0.05) is 0 Å². The van der Waals surface area contributed by atoms with Crippen LogP contribution < -0.4 is 4.74 Å². The molecule has 0 radical (unpaired) electrons. The van der Waals surface area contributed by atoms with Crippen molar-refractivity contribution in [2.45, 2.75) is 6.92 Å². The molecule has 0 fully saturated rings. The number of benzene rings is 1. The van der Waals surface area contributed by atoms with Crippen LogP contribution in [-0.4, -0.2) is 27.9 Å². The van der Waals surface area contributed by atoms with Gasteiger partial charge in [0.25, 0.3) is 0 Å². The summed E-state index contributed by atoms with van der Waals surface area (Å²) >= 11 is 6.01. The number of carboxylic acids is 1. The molecule has 0 atom stereocenters. The molecule has 7 heteroatoms. The van der Waals surface area contributed by atoms with Gasteiger partial charge in [-0.05, 0) is 38.8 Å². The van der Waals surface area contributed by atoms with Crippen LogP contribution in [0.4, 0.5) is 0 Å². The first-order valence-electron chi connectivity index (χ1n) is 4.20. The number of carbonyl (C=O) groups is 1. The molecule has 0 saturated heterocycles. The third kappa shape index (κ3) is 2.10. The summed E-state index contributed by atoms with van der Waals surface area (Å²) in [6.45, 7) is 2.03. The fourth-order valence-corrected chi connectivity index (χ4v) is 2.40. The van der Waals surface area contributed by atoms with Gasteiger partial charge in [0.15, 0.2) is 17.2 Å². The van der Waals surface area contributed by atoms with Crippen molar-refractivity contribution in [1.29, 1.82) is 0 Å². The molecular formula is C9H8Br2O5. The lowest BCUT2D eigenvalue weighted by Gasteiger charge is -2.13. The first-order chi connectivity index (χ1) is 7.41. The number of hydrogen-bond acceptors (Lipinski definition) is 4. The average molecular weight is 356 g/mol. The molecule has 0 amide bonds. The van der Waals surface area contributed by atoms with E-state index < -0.39 is 23.0 Å². The number of ether oxygens (including phenoxy) is 1. The van der Waals surface area contributed by atoms with Crippen LogP contribution in [0.1, 0.15) is 17.3 Å². The Labute approximate surface area is 108 Å². The minimum Gasteiger partial charge on any atom is -0.506 e. The maximum Gasteiger partial charge on any atom is 0.343 e. The van der Waals surface area contributed by atoms with Crippen molar-refractivity contribution >= 4 is 37.8 Å². The molecule has 0 heterocycles. The zero-order valence-corrected chi connectivity index (χ0v) is 11.3. The van der Waals surface area contributed by atoms with Crippen LogP contribution in [0.2, 0.25) is 0 Å². The van der Waals surface area contributed by atoms with E-state index in [-0.39, 0.29) is 14.7 Å². The number of aromatic carboxylic acids is 1. The van der Waals surface area contributed by atoms with Crippen LogP contribution in [0, 0.1) is 0 Å². The van der Waals surface area contributed by atoms with Gasteiger partial charge in [-0.3, -0.25) is 0 Å². The summed E-state index contributed by atoms with van der Waals surface area (Å²) < 4.78 is 5.32. The molecule has 5 nitrogen and oxygen atoms in total.